The molecule has 0 saturated heterocycles. The number of carboxylic acids is 1. The fourth-order valence-corrected chi connectivity index (χ4v) is 1.84. The summed E-state index contributed by atoms with van der Waals surface area (Å²) in [6.45, 7) is 3.37. The molecule has 0 aliphatic carbocycles. The van der Waals surface area contributed by atoms with Crippen LogP contribution in [0.15, 0.2) is 24.3 Å². The molecule has 0 atom stereocenters. The number of nitrogens with zero attached hydrogens (tertiary/aromatic N) is 1. The van der Waals surface area contributed by atoms with Gasteiger partial charge in [0.05, 0.1) is 11.6 Å². The maximum Gasteiger partial charge on any atom is 0.319 e. The standard InChI is InChI=1S/C12H13NO2S/c1-12(2,11(14)15)16-8-10-5-3-9(7-13)4-6-10/h3-6H,8H2,1-2H3,(H,14,15). The molecule has 1 aromatic carbocycles. The van der Waals surface area contributed by atoms with Crippen LogP contribution < -0.4 is 0 Å². The van der Waals surface area contributed by atoms with Crippen LogP contribution in [0.25, 0.3) is 0 Å². The molecule has 0 bridgehead atoms. The quantitative estimate of drug-likeness (QED) is 0.871. The molecule has 16 heavy (non-hydrogen) atoms. The van der Waals surface area contributed by atoms with Crippen molar-refractivity contribution in [1.82, 2.24) is 0 Å². The summed E-state index contributed by atoms with van der Waals surface area (Å²) in [6.07, 6.45) is 0. The zero-order valence-corrected chi connectivity index (χ0v) is 10.0. The van der Waals surface area contributed by atoms with E-state index in [0.717, 1.165) is 5.56 Å². The van der Waals surface area contributed by atoms with Gasteiger partial charge in [0.25, 0.3) is 0 Å². The van der Waals surface area contributed by atoms with E-state index in [-0.39, 0.29) is 0 Å². The highest BCUT2D eigenvalue weighted by Gasteiger charge is 2.27. The Hall–Kier alpha value is -1.47. The first-order valence-corrected chi connectivity index (χ1v) is 5.80. The van der Waals surface area contributed by atoms with Crippen LogP contribution in [-0.2, 0) is 10.5 Å². The molecule has 3 nitrogen and oxygen atoms in total. The highest BCUT2D eigenvalue weighted by atomic mass is 32.2. The largest absolute Gasteiger partial charge is 0.480 e. The van der Waals surface area contributed by atoms with Crippen LogP contribution >= 0.6 is 11.8 Å². The van der Waals surface area contributed by atoms with Gasteiger partial charge in [0.15, 0.2) is 0 Å². The lowest BCUT2D eigenvalue weighted by atomic mass is 10.2. The number of rotatable bonds is 4. The lowest BCUT2D eigenvalue weighted by Crippen LogP contribution is -2.27. The van der Waals surface area contributed by atoms with Gasteiger partial charge in [-0.3, -0.25) is 4.79 Å². The van der Waals surface area contributed by atoms with Crippen LogP contribution in [0.2, 0.25) is 0 Å². The maximum absolute atomic E-state index is 10.9. The normalized spacial score (nSPS) is 10.8. The predicted octanol–water partition coefficient (Wildman–Crippen LogP) is 2.65. The van der Waals surface area contributed by atoms with Crippen molar-refractivity contribution < 1.29 is 9.90 Å². The Kier molecular flexibility index (Phi) is 3.97. The number of nitriles is 1. The topological polar surface area (TPSA) is 61.1 Å². The van der Waals surface area contributed by atoms with Gasteiger partial charge in [-0.15, -0.1) is 11.8 Å². The van der Waals surface area contributed by atoms with Gasteiger partial charge < -0.3 is 5.11 Å². The van der Waals surface area contributed by atoms with Crippen LogP contribution in [0.4, 0.5) is 0 Å². The molecule has 0 aromatic heterocycles. The van der Waals surface area contributed by atoms with Gasteiger partial charge in [0.2, 0.25) is 0 Å². The second kappa shape index (κ2) is 5.04. The third-order valence-corrected chi connectivity index (χ3v) is 3.57. The SMILES string of the molecule is CC(C)(SCc1ccc(C#N)cc1)C(=O)O. The molecule has 84 valence electrons. The lowest BCUT2D eigenvalue weighted by Gasteiger charge is -2.18. The summed E-state index contributed by atoms with van der Waals surface area (Å²) in [4.78, 5) is 10.9. The van der Waals surface area contributed by atoms with Crippen molar-refractivity contribution in [3.63, 3.8) is 0 Å². The number of hydrogen-bond donors (Lipinski definition) is 1. The molecule has 0 unspecified atom stereocenters. The summed E-state index contributed by atoms with van der Waals surface area (Å²) in [5.74, 6) is -0.184. The molecule has 0 aliphatic heterocycles. The van der Waals surface area contributed by atoms with Crippen LogP contribution in [-0.4, -0.2) is 15.8 Å². The van der Waals surface area contributed by atoms with E-state index in [1.54, 1.807) is 26.0 Å². The second-order valence-electron chi connectivity index (χ2n) is 3.91. The van der Waals surface area contributed by atoms with Crippen molar-refractivity contribution in [2.24, 2.45) is 0 Å². The van der Waals surface area contributed by atoms with Crippen molar-refractivity contribution in [3.8, 4) is 6.07 Å². The molecule has 1 aromatic rings. The molecule has 0 amide bonds. The second-order valence-corrected chi connectivity index (χ2v) is 5.51. The van der Waals surface area contributed by atoms with Crippen LogP contribution in [0.1, 0.15) is 25.0 Å². The van der Waals surface area contributed by atoms with Gasteiger partial charge in [0, 0.05) is 5.75 Å². The third-order valence-electron chi connectivity index (χ3n) is 2.20. The van der Waals surface area contributed by atoms with Crippen molar-refractivity contribution in [1.29, 1.82) is 5.26 Å². The Bertz CT molecular complexity index is 418. The van der Waals surface area contributed by atoms with Crippen molar-refractivity contribution in [3.05, 3.63) is 35.4 Å². The lowest BCUT2D eigenvalue weighted by molar-refractivity contribution is -0.138. The molecular formula is C12H13NO2S. The Labute approximate surface area is 99.1 Å². The minimum absolute atomic E-state index is 0.617. The molecule has 0 radical (unpaired) electrons. The molecule has 0 aliphatic rings. The first-order valence-electron chi connectivity index (χ1n) is 4.82. The van der Waals surface area contributed by atoms with Gasteiger partial charge in [-0.2, -0.15) is 5.26 Å². The monoisotopic (exact) mass is 235 g/mol. The Balaban J connectivity index is 2.62. The van der Waals surface area contributed by atoms with Gasteiger partial charge in [-0.25, -0.2) is 0 Å². The molecule has 0 saturated carbocycles. The summed E-state index contributed by atoms with van der Waals surface area (Å²) < 4.78 is -0.784. The zero-order chi connectivity index (χ0) is 12.2. The van der Waals surface area contributed by atoms with E-state index in [0.29, 0.717) is 11.3 Å². The summed E-state index contributed by atoms with van der Waals surface area (Å²) in [6, 6.07) is 9.22. The summed E-state index contributed by atoms with van der Waals surface area (Å²) in [7, 11) is 0. The molecule has 0 spiro atoms. The highest BCUT2D eigenvalue weighted by molar-refractivity contribution is 8.00. The molecular weight excluding hydrogens is 222 g/mol. The Morgan fingerprint density at radius 2 is 2.00 bits per heavy atom. The van der Waals surface area contributed by atoms with E-state index in [1.807, 2.05) is 18.2 Å². The fourth-order valence-electron chi connectivity index (χ4n) is 1.00. The van der Waals surface area contributed by atoms with Crippen LogP contribution in [0, 0.1) is 11.3 Å². The van der Waals surface area contributed by atoms with E-state index in [4.69, 9.17) is 10.4 Å². The number of aliphatic carboxylic acids is 1. The maximum atomic E-state index is 10.9. The van der Waals surface area contributed by atoms with Gasteiger partial charge in [0.1, 0.15) is 4.75 Å². The number of benzene rings is 1. The van der Waals surface area contributed by atoms with Crippen LogP contribution in [0.3, 0.4) is 0 Å². The van der Waals surface area contributed by atoms with Crippen molar-refractivity contribution >= 4 is 17.7 Å². The minimum Gasteiger partial charge on any atom is -0.480 e. The van der Waals surface area contributed by atoms with E-state index >= 15 is 0 Å². The minimum atomic E-state index is -0.814. The van der Waals surface area contributed by atoms with Gasteiger partial charge in [-0.05, 0) is 31.5 Å². The van der Waals surface area contributed by atoms with E-state index in [9.17, 15) is 4.79 Å². The first kappa shape index (κ1) is 12.6. The van der Waals surface area contributed by atoms with Crippen LogP contribution in [0.5, 0.6) is 0 Å². The Morgan fingerprint density at radius 1 is 1.44 bits per heavy atom. The number of thioether (sulfide) groups is 1. The molecule has 0 heterocycles. The Morgan fingerprint density at radius 3 is 2.44 bits per heavy atom. The van der Waals surface area contributed by atoms with Crippen molar-refractivity contribution in [2.45, 2.75) is 24.3 Å². The third kappa shape index (κ3) is 3.28. The molecule has 1 rings (SSSR count). The van der Waals surface area contributed by atoms with Gasteiger partial charge >= 0.3 is 5.97 Å². The summed E-state index contributed by atoms with van der Waals surface area (Å²) in [5.41, 5.74) is 1.64. The smallest absolute Gasteiger partial charge is 0.319 e. The van der Waals surface area contributed by atoms with E-state index in [2.05, 4.69) is 0 Å². The molecule has 1 N–H and O–H groups in total. The average Bonchev–Trinajstić information content (AvgIpc) is 2.27. The van der Waals surface area contributed by atoms with E-state index in [1.165, 1.54) is 11.8 Å². The van der Waals surface area contributed by atoms with Crippen molar-refractivity contribution in [2.75, 3.05) is 0 Å². The molecule has 4 heteroatoms. The number of hydrogen-bond acceptors (Lipinski definition) is 3. The number of carboxylic acid groups (broad SMARTS) is 1. The molecule has 0 fully saturated rings. The summed E-state index contributed by atoms with van der Waals surface area (Å²) in [5, 5.41) is 17.6. The highest BCUT2D eigenvalue weighted by Crippen LogP contribution is 2.28. The predicted molar refractivity (Wildman–Crippen MR) is 64.2 cm³/mol. The average molecular weight is 235 g/mol. The van der Waals surface area contributed by atoms with Gasteiger partial charge in [-0.1, -0.05) is 12.1 Å². The zero-order valence-electron chi connectivity index (χ0n) is 9.23. The fraction of sp³-hybridized carbons (Fsp3) is 0.333. The first-order chi connectivity index (χ1) is 7.45. The van der Waals surface area contributed by atoms with E-state index < -0.39 is 10.7 Å². The number of carbonyl (C=O) groups is 1. The summed E-state index contributed by atoms with van der Waals surface area (Å²) >= 11 is 1.37.